The molecule has 0 unspecified atom stereocenters. The second-order valence-corrected chi connectivity index (χ2v) is 9.35. The van der Waals surface area contributed by atoms with Crippen molar-refractivity contribution in [2.45, 2.75) is 11.4 Å². The van der Waals surface area contributed by atoms with Gasteiger partial charge in [-0.15, -0.1) is 22.9 Å². The second-order valence-electron chi connectivity index (χ2n) is 5.34. The summed E-state index contributed by atoms with van der Waals surface area (Å²) in [6, 6.07) is 6.06. The summed E-state index contributed by atoms with van der Waals surface area (Å²) in [5.74, 6) is -0.278. The van der Waals surface area contributed by atoms with E-state index in [2.05, 4.69) is 15.6 Å². The number of rotatable bonds is 3. The number of urea groups is 1. The van der Waals surface area contributed by atoms with Crippen molar-refractivity contribution < 1.29 is 13.2 Å². The number of anilines is 1. The van der Waals surface area contributed by atoms with Gasteiger partial charge in [-0.25, -0.2) is 18.2 Å². The van der Waals surface area contributed by atoms with Gasteiger partial charge in [0.05, 0.1) is 28.6 Å². The van der Waals surface area contributed by atoms with Crippen molar-refractivity contribution >= 4 is 55.5 Å². The smallest absolute Gasteiger partial charge is 0.321 e. The molecular weight excluding hydrogens is 393 g/mol. The van der Waals surface area contributed by atoms with Gasteiger partial charge >= 0.3 is 6.03 Å². The molecule has 3 rings (SSSR count). The number of halogens is 2. The molecule has 1 aromatic carbocycles. The predicted octanol–water partition coefficient (Wildman–Crippen LogP) is 2.99. The van der Waals surface area contributed by atoms with Gasteiger partial charge in [0.25, 0.3) is 0 Å². The minimum absolute atomic E-state index is 0.128. The number of alkyl halides is 1. The normalized spacial score (nSPS) is 22.2. The number of nitrogens with zero attached hydrogens (tertiary/aromatic N) is 1. The molecule has 1 fully saturated rings. The van der Waals surface area contributed by atoms with Gasteiger partial charge in [0, 0.05) is 16.0 Å². The molecule has 2 N–H and O–H groups in total. The molecule has 6 nitrogen and oxygen atoms in total. The van der Waals surface area contributed by atoms with Gasteiger partial charge in [0.2, 0.25) is 0 Å². The fourth-order valence-electron chi connectivity index (χ4n) is 2.32. The Kier molecular flexibility index (Phi) is 5.00. The number of hydrogen-bond donors (Lipinski definition) is 2. The highest BCUT2D eigenvalue weighted by atomic mass is 35.5. The quantitative estimate of drug-likeness (QED) is 0.768. The lowest BCUT2D eigenvalue weighted by Gasteiger charge is -2.13. The number of thiazole rings is 1. The van der Waals surface area contributed by atoms with Gasteiger partial charge in [-0.1, -0.05) is 23.7 Å². The Balaban J connectivity index is 1.62. The van der Waals surface area contributed by atoms with Gasteiger partial charge in [0.1, 0.15) is 0 Å². The van der Waals surface area contributed by atoms with Crippen molar-refractivity contribution in [1.29, 1.82) is 0 Å². The van der Waals surface area contributed by atoms with Crippen LogP contribution in [-0.4, -0.2) is 42.4 Å². The van der Waals surface area contributed by atoms with Crippen molar-refractivity contribution in [2.24, 2.45) is 0 Å². The summed E-state index contributed by atoms with van der Waals surface area (Å²) in [6.07, 6.45) is 0. The van der Waals surface area contributed by atoms with E-state index in [0.717, 1.165) is 5.56 Å². The van der Waals surface area contributed by atoms with E-state index in [-0.39, 0.29) is 11.5 Å². The monoisotopic (exact) mass is 405 g/mol. The van der Waals surface area contributed by atoms with Gasteiger partial charge in [-0.05, 0) is 12.1 Å². The van der Waals surface area contributed by atoms with E-state index in [0.29, 0.717) is 15.8 Å². The zero-order valence-corrected chi connectivity index (χ0v) is 15.3. The molecule has 10 heteroatoms. The van der Waals surface area contributed by atoms with Crippen molar-refractivity contribution in [3.63, 3.8) is 0 Å². The molecule has 24 heavy (non-hydrogen) atoms. The van der Waals surface area contributed by atoms with Crippen molar-refractivity contribution in [2.75, 3.05) is 16.8 Å². The first-order chi connectivity index (χ1) is 11.3. The van der Waals surface area contributed by atoms with E-state index in [1.807, 2.05) is 17.5 Å². The number of hydrogen-bond acceptors (Lipinski definition) is 5. The molecule has 2 aromatic rings. The first kappa shape index (κ1) is 17.5. The molecule has 128 valence electrons. The van der Waals surface area contributed by atoms with E-state index in [4.69, 9.17) is 23.2 Å². The summed E-state index contributed by atoms with van der Waals surface area (Å²) in [6.45, 7) is 0. The molecular formula is C14H13Cl2N3O3S2. The molecule has 2 atom stereocenters. The molecule has 1 aliphatic heterocycles. The maximum absolute atomic E-state index is 12.0. The van der Waals surface area contributed by atoms with Crippen LogP contribution >= 0.6 is 34.5 Å². The first-order valence-corrected chi connectivity index (χ1v) is 10.5. The molecule has 1 aromatic heterocycles. The summed E-state index contributed by atoms with van der Waals surface area (Å²) < 4.78 is 23.0. The summed E-state index contributed by atoms with van der Waals surface area (Å²) in [4.78, 5) is 16.3. The van der Waals surface area contributed by atoms with Crippen LogP contribution in [0.15, 0.2) is 29.6 Å². The lowest BCUT2D eigenvalue weighted by atomic mass is 10.2. The third-order valence-corrected chi connectivity index (χ3v) is 6.85. The Morgan fingerprint density at radius 3 is 2.58 bits per heavy atom. The van der Waals surface area contributed by atoms with E-state index in [1.54, 1.807) is 12.1 Å². The number of benzene rings is 1. The van der Waals surface area contributed by atoms with Crippen LogP contribution in [0.5, 0.6) is 0 Å². The fourth-order valence-corrected chi connectivity index (χ4v) is 5.71. The average Bonchev–Trinajstić information content (AvgIpc) is 3.04. The average molecular weight is 406 g/mol. The topological polar surface area (TPSA) is 88.2 Å². The summed E-state index contributed by atoms with van der Waals surface area (Å²) in [5.41, 5.74) is 1.59. The van der Waals surface area contributed by atoms with Crippen LogP contribution in [0, 0.1) is 0 Å². The number of sulfone groups is 1. The van der Waals surface area contributed by atoms with E-state index < -0.39 is 27.3 Å². The van der Waals surface area contributed by atoms with E-state index in [1.165, 1.54) is 11.3 Å². The molecule has 0 spiro atoms. The molecule has 0 bridgehead atoms. The summed E-state index contributed by atoms with van der Waals surface area (Å²) >= 11 is 13.1. The molecule has 0 radical (unpaired) electrons. The zero-order chi connectivity index (χ0) is 17.3. The van der Waals surface area contributed by atoms with Gasteiger partial charge in [-0.3, -0.25) is 5.32 Å². The Bertz CT molecular complexity index is 852. The first-order valence-electron chi connectivity index (χ1n) is 6.96. The number of amides is 2. The number of carbonyl (C=O) groups excluding carboxylic acids is 1. The largest absolute Gasteiger partial charge is 0.333 e. The van der Waals surface area contributed by atoms with E-state index in [9.17, 15) is 13.2 Å². The standard InChI is InChI=1S/C14H13Cl2N3O3S2/c15-9-3-1-8(2-4-9)11-5-23-14(18-11)19-13(20)17-12-7-24(21,22)6-10(12)16/h1-5,10,12H,6-7H2,(H2,17,18,19,20)/t10-,12-/m0/s1. The molecule has 0 saturated carbocycles. The van der Waals surface area contributed by atoms with Crippen molar-refractivity contribution in [3.8, 4) is 11.3 Å². The summed E-state index contributed by atoms with van der Waals surface area (Å²) in [5, 5.41) is 7.40. The maximum atomic E-state index is 12.0. The Hall–Kier alpha value is -1.35. The Morgan fingerprint density at radius 2 is 1.96 bits per heavy atom. The number of carbonyl (C=O) groups is 1. The van der Waals surface area contributed by atoms with Crippen molar-refractivity contribution in [3.05, 3.63) is 34.7 Å². The van der Waals surface area contributed by atoms with Gasteiger partial charge < -0.3 is 5.32 Å². The highest BCUT2D eigenvalue weighted by Crippen LogP contribution is 2.26. The zero-order valence-electron chi connectivity index (χ0n) is 12.2. The second kappa shape index (κ2) is 6.87. The number of nitrogens with one attached hydrogen (secondary N) is 2. The minimum atomic E-state index is -3.20. The lowest BCUT2D eigenvalue weighted by molar-refractivity contribution is 0.249. The van der Waals surface area contributed by atoms with Crippen LogP contribution in [0.25, 0.3) is 11.3 Å². The minimum Gasteiger partial charge on any atom is -0.333 e. The van der Waals surface area contributed by atoms with Crippen LogP contribution in [-0.2, 0) is 9.84 Å². The third kappa shape index (κ3) is 4.18. The lowest BCUT2D eigenvalue weighted by Crippen LogP contribution is -2.42. The van der Waals surface area contributed by atoms with Crippen LogP contribution in [0.4, 0.5) is 9.93 Å². The molecule has 2 heterocycles. The van der Waals surface area contributed by atoms with Crippen LogP contribution in [0.3, 0.4) is 0 Å². The van der Waals surface area contributed by atoms with Crippen LogP contribution < -0.4 is 10.6 Å². The van der Waals surface area contributed by atoms with Crippen molar-refractivity contribution in [1.82, 2.24) is 10.3 Å². The molecule has 2 amide bonds. The van der Waals surface area contributed by atoms with Gasteiger partial charge in [-0.2, -0.15) is 0 Å². The third-order valence-electron chi connectivity index (χ3n) is 3.46. The molecule has 1 saturated heterocycles. The summed E-state index contributed by atoms with van der Waals surface area (Å²) in [7, 11) is -3.20. The van der Waals surface area contributed by atoms with Crippen LogP contribution in [0.1, 0.15) is 0 Å². The maximum Gasteiger partial charge on any atom is 0.321 e. The SMILES string of the molecule is O=C(Nc1nc(-c2ccc(Cl)cc2)cs1)N[C@H]1CS(=O)(=O)C[C@@H]1Cl. The highest BCUT2D eigenvalue weighted by molar-refractivity contribution is 7.91. The van der Waals surface area contributed by atoms with E-state index >= 15 is 0 Å². The highest BCUT2D eigenvalue weighted by Gasteiger charge is 2.37. The molecule has 0 aliphatic carbocycles. The Labute approximate surface area is 153 Å². The molecule has 1 aliphatic rings. The number of aromatic nitrogens is 1. The van der Waals surface area contributed by atoms with Crippen LogP contribution in [0.2, 0.25) is 5.02 Å². The fraction of sp³-hybridized carbons (Fsp3) is 0.286. The Morgan fingerprint density at radius 1 is 1.25 bits per heavy atom. The van der Waals surface area contributed by atoms with Gasteiger partial charge in [0.15, 0.2) is 15.0 Å². The predicted molar refractivity (Wildman–Crippen MR) is 96.8 cm³/mol.